The minimum Gasteiger partial charge on any atom is -0.258 e. The third-order valence-corrected chi connectivity index (χ3v) is 3.67. The number of pyridine rings is 2. The van der Waals surface area contributed by atoms with Crippen LogP contribution in [0.3, 0.4) is 0 Å². The Morgan fingerprint density at radius 3 is 2.80 bits per heavy atom. The third-order valence-electron chi connectivity index (χ3n) is 3.00. The Bertz CT molecular complexity index is 664. The van der Waals surface area contributed by atoms with Crippen LogP contribution < -0.4 is 0 Å². The number of rotatable bonds is 4. The third kappa shape index (κ3) is 2.77. The summed E-state index contributed by atoms with van der Waals surface area (Å²) in [5.41, 5.74) is 1.54. The van der Waals surface area contributed by atoms with Gasteiger partial charge in [-0.05, 0) is 30.4 Å². The first-order chi connectivity index (χ1) is 9.54. The van der Waals surface area contributed by atoms with Gasteiger partial charge in [0.25, 0.3) is 5.69 Å². The van der Waals surface area contributed by atoms with Gasteiger partial charge >= 0.3 is 0 Å². The van der Waals surface area contributed by atoms with Gasteiger partial charge in [-0.25, -0.2) is 9.37 Å². The Morgan fingerprint density at radius 1 is 1.40 bits per heavy atom. The fourth-order valence-electron chi connectivity index (χ4n) is 1.86. The second-order valence-corrected chi connectivity index (χ2v) is 4.96. The predicted octanol–water partition coefficient (Wildman–Crippen LogP) is 3.15. The second-order valence-electron chi connectivity index (χ2n) is 4.17. The average Bonchev–Trinajstić information content (AvgIpc) is 2.43. The van der Waals surface area contributed by atoms with Gasteiger partial charge in [0, 0.05) is 24.4 Å². The highest BCUT2D eigenvalue weighted by molar-refractivity contribution is 7.98. The summed E-state index contributed by atoms with van der Waals surface area (Å²) in [5, 5.41) is 11.2. The zero-order chi connectivity index (χ0) is 14.7. The quantitative estimate of drug-likeness (QED) is 0.492. The lowest BCUT2D eigenvalue weighted by atomic mass is 10.0. The van der Waals surface area contributed by atoms with E-state index in [1.54, 1.807) is 19.2 Å². The van der Waals surface area contributed by atoms with Crippen LogP contribution in [-0.4, -0.2) is 21.1 Å². The summed E-state index contributed by atoms with van der Waals surface area (Å²) in [4.78, 5) is 18.2. The molecule has 7 heteroatoms. The van der Waals surface area contributed by atoms with E-state index in [1.807, 2.05) is 0 Å². The number of hydrogen-bond donors (Lipinski definition) is 0. The first-order valence-corrected chi connectivity index (χ1v) is 7.02. The molecule has 0 aliphatic heterocycles. The van der Waals surface area contributed by atoms with Crippen LogP contribution in [0.15, 0.2) is 29.7 Å². The molecule has 0 aliphatic rings. The normalized spacial score (nSPS) is 10.6. The van der Waals surface area contributed by atoms with Crippen molar-refractivity contribution in [3.8, 4) is 0 Å². The van der Waals surface area contributed by atoms with E-state index < -0.39 is 4.92 Å². The van der Waals surface area contributed by atoms with E-state index in [1.165, 1.54) is 30.4 Å². The number of aromatic nitrogens is 2. The number of nitro groups is 1. The van der Waals surface area contributed by atoms with Crippen molar-refractivity contribution in [3.05, 3.63) is 57.3 Å². The van der Waals surface area contributed by atoms with Crippen molar-refractivity contribution in [2.24, 2.45) is 0 Å². The molecule has 0 atom stereocenters. The SMILES string of the molecule is CSc1nccc(Cc2cncc([N+](=O)[O-])c2C)c1F. The van der Waals surface area contributed by atoms with Gasteiger partial charge in [-0.2, -0.15) is 0 Å². The summed E-state index contributed by atoms with van der Waals surface area (Å²) < 4.78 is 14.1. The Labute approximate surface area is 119 Å². The van der Waals surface area contributed by atoms with E-state index >= 15 is 0 Å². The molecule has 5 nitrogen and oxygen atoms in total. The molecular weight excluding hydrogens is 281 g/mol. The van der Waals surface area contributed by atoms with Crippen molar-refractivity contribution < 1.29 is 9.31 Å². The zero-order valence-electron chi connectivity index (χ0n) is 11.0. The second kappa shape index (κ2) is 5.96. The van der Waals surface area contributed by atoms with E-state index in [4.69, 9.17) is 0 Å². The molecule has 0 amide bonds. The highest BCUT2D eigenvalue weighted by Gasteiger charge is 2.16. The molecule has 2 heterocycles. The van der Waals surface area contributed by atoms with Crippen molar-refractivity contribution >= 4 is 17.4 Å². The van der Waals surface area contributed by atoms with Gasteiger partial charge in [-0.1, -0.05) is 0 Å². The van der Waals surface area contributed by atoms with Gasteiger partial charge in [0.2, 0.25) is 0 Å². The molecule has 2 aromatic heterocycles. The van der Waals surface area contributed by atoms with Crippen LogP contribution in [0.4, 0.5) is 10.1 Å². The average molecular weight is 293 g/mol. The molecule has 104 valence electrons. The van der Waals surface area contributed by atoms with Crippen LogP contribution in [0.5, 0.6) is 0 Å². The molecule has 0 N–H and O–H groups in total. The molecule has 0 spiro atoms. The van der Waals surface area contributed by atoms with E-state index in [0.29, 0.717) is 21.7 Å². The van der Waals surface area contributed by atoms with Crippen LogP contribution in [0.25, 0.3) is 0 Å². The lowest BCUT2D eigenvalue weighted by molar-refractivity contribution is -0.385. The summed E-state index contributed by atoms with van der Waals surface area (Å²) in [6.07, 6.45) is 6.26. The molecule has 0 saturated carbocycles. The molecular formula is C13H12FN3O2S. The molecule has 2 rings (SSSR count). The molecule has 2 aromatic rings. The van der Waals surface area contributed by atoms with Crippen molar-refractivity contribution in [2.45, 2.75) is 18.4 Å². The number of hydrogen-bond acceptors (Lipinski definition) is 5. The summed E-state index contributed by atoms with van der Waals surface area (Å²) >= 11 is 1.22. The summed E-state index contributed by atoms with van der Waals surface area (Å²) in [7, 11) is 0. The maximum atomic E-state index is 14.1. The van der Waals surface area contributed by atoms with Crippen LogP contribution >= 0.6 is 11.8 Å². The largest absolute Gasteiger partial charge is 0.290 e. The fourth-order valence-corrected chi connectivity index (χ4v) is 2.34. The monoisotopic (exact) mass is 293 g/mol. The summed E-state index contributed by atoms with van der Waals surface area (Å²) in [6.45, 7) is 1.64. The maximum Gasteiger partial charge on any atom is 0.290 e. The topological polar surface area (TPSA) is 68.9 Å². The minimum absolute atomic E-state index is 0.0537. The Hall–Kier alpha value is -2.02. The molecule has 20 heavy (non-hydrogen) atoms. The standard InChI is InChI=1S/C13H12FN3O2S/c1-8-10(6-15-7-11(8)17(18)19)5-9-3-4-16-13(20-2)12(9)14/h3-4,6-7H,5H2,1-2H3. The highest BCUT2D eigenvalue weighted by Crippen LogP contribution is 2.25. The molecule has 0 aromatic carbocycles. The smallest absolute Gasteiger partial charge is 0.258 e. The van der Waals surface area contributed by atoms with Gasteiger partial charge in [-0.3, -0.25) is 15.1 Å². The molecule has 0 fully saturated rings. The van der Waals surface area contributed by atoms with Crippen LogP contribution in [-0.2, 0) is 6.42 Å². The summed E-state index contributed by atoms with van der Waals surface area (Å²) in [5.74, 6) is -0.383. The Balaban J connectivity index is 2.41. The van der Waals surface area contributed by atoms with Gasteiger partial charge in [0.1, 0.15) is 11.2 Å². The molecule has 0 saturated heterocycles. The van der Waals surface area contributed by atoms with Gasteiger partial charge < -0.3 is 0 Å². The molecule has 0 bridgehead atoms. The zero-order valence-corrected chi connectivity index (χ0v) is 11.8. The fraction of sp³-hybridized carbons (Fsp3) is 0.231. The van der Waals surface area contributed by atoms with E-state index in [0.717, 1.165) is 0 Å². The van der Waals surface area contributed by atoms with Crippen molar-refractivity contribution in [1.29, 1.82) is 0 Å². The maximum absolute atomic E-state index is 14.1. The highest BCUT2D eigenvalue weighted by atomic mass is 32.2. The Kier molecular flexibility index (Phi) is 4.29. The summed E-state index contributed by atoms with van der Waals surface area (Å²) in [6, 6.07) is 1.58. The number of nitrogens with zero attached hydrogens (tertiary/aromatic N) is 3. The molecule has 0 aliphatic carbocycles. The minimum atomic E-state index is -0.484. The van der Waals surface area contributed by atoms with Crippen LogP contribution in [0.1, 0.15) is 16.7 Å². The van der Waals surface area contributed by atoms with Gasteiger partial charge in [-0.15, -0.1) is 11.8 Å². The van der Waals surface area contributed by atoms with E-state index in [2.05, 4.69) is 9.97 Å². The van der Waals surface area contributed by atoms with Crippen LogP contribution in [0.2, 0.25) is 0 Å². The number of thioether (sulfide) groups is 1. The number of halogens is 1. The van der Waals surface area contributed by atoms with Crippen molar-refractivity contribution in [2.75, 3.05) is 6.26 Å². The van der Waals surface area contributed by atoms with Gasteiger partial charge in [0.15, 0.2) is 5.82 Å². The molecule has 0 radical (unpaired) electrons. The van der Waals surface area contributed by atoms with Crippen molar-refractivity contribution in [3.63, 3.8) is 0 Å². The van der Waals surface area contributed by atoms with E-state index in [-0.39, 0.29) is 17.9 Å². The van der Waals surface area contributed by atoms with Gasteiger partial charge in [0.05, 0.1) is 4.92 Å². The van der Waals surface area contributed by atoms with E-state index in [9.17, 15) is 14.5 Å². The van der Waals surface area contributed by atoms with Crippen molar-refractivity contribution in [1.82, 2.24) is 9.97 Å². The Morgan fingerprint density at radius 2 is 2.15 bits per heavy atom. The van der Waals surface area contributed by atoms with Crippen LogP contribution in [0, 0.1) is 22.9 Å². The predicted molar refractivity (Wildman–Crippen MR) is 74.4 cm³/mol. The lowest BCUT2D eigenvalue weighted by Gasteiger charge is -2.08. The molecule has 0 unspecified atom stereocenters. The lowest BCUT2D eigenvalue weighted by Crippen LogP contribution is -2.01. The first kappa shape index (κ1) is 14.4. The first-order valence-electron chi connectivity index (χ1n) is 5.79.